The first-order chi connectivity index (χ1) is 9.78. The Kier molecular flexibility index (Phi) is 5.73. The van der Waals surface area contributed by atoms with Crippen LogP contribution in [0.5, 0.6) is 0 Å². The standard InChI is InChI=1S/C11H15N3O6S/c1-13(7-3-4-11(15)20-2)21(18,19)9-5-6-10(12-8-9)14(16)17/h5-6,8H,3-4,7H2,1-2H3. The molecule has 0 fully saturated rings. The quantitative estimate of drug-likeness (QED) is 0.409. The van der Waals surface area contributed by atoms with Crippen molar-refractivity contribution in [3.05, 3.63) is 28.4 Å². The number of hydrogen-bond donors (Lipinski definition) is 0. The minimum atomic E-state index is -3.79. The van der Waals surface area contributed by atoms with Gasteiger partial charge in [-0.05, 0) is 22.4 Å². The number of carbonyl (C=O) groups is 1. The Balaban J connectivity index is 2.75. The number of hydrogen-bond acceptors (Lipinski definition) is 7. The van der Waals surface area contributed by atoms with Crippen LogP contribution in [0, 0.1) is 10.1 Å². The topological polar surface area (TPSA) is 120 Å². The molecule has 9 nitrogen and oxygen atoms in total. The first kappa shape index (κ1) is 17.0. The Morgan fingerprint density at radius 3 is 2.62 bits per heavy atom. The fraction of sp³-hybridized carbons (Fsp3) is 0.455. The van der Waals surface area contributed by atoms with Gasteiger partial charge in [0.2, 0.25) is 10.0 Å². The predicted molar refractivity (Wildman–Crippen MR) is 72.0 cm³/mol. The Bertz CT molecular complexity index is 613. The van der Waals surface area contributed by atoms with Crippen molar-refractivity contribution in [1.29, 1.82) is 0 Å². The molecule has 0 aliphatic carbocycles. The lowest BCUT2D eigenvalue weighted by atomic mass is 10.3. The molecule has 0 aromatic carbocycles. The maximum Gasteiger partial charge on any atom is 0.363 e. The molecule has 0 aliphatic heterocycles. The molecule has 0 amide bonds. The molecule has 10 heteroatoms. The summed E-state index contributed by atoms with van der Waals surface area (Å²) in [6.45, 7) is 0.119. The molecule has 0 spiro atoms. The van der Waals surface area contributed by atoms with Crippen LogP contribution in [0.25, 0.3) is 0 Å². The lowest BCUT2D eigenvalue weighted by molar-refractivity contribution is -0.389. The van der Waals surface area contributed by atoms with E-state index < -0.39 is 26.7 Å². The molecule has 0 unspecified atom stereocenters. The highest BCUT2D eigenvalue weighted by Crippen LogP contribution is 2.16. The molecule has 1 heterocycles. The fourth-order valence-electron chi connectivity index (χ4n) is 1.48. The van der Waals surface area contributed by atoms with E-state index in [-0.39, 0.29) is 17.9 Å². The van der Waals surface area contributed by atoms with Gasteiger partial charge in [-0.1, -0.05) is 0 Å². The second-order valence-corrected chi connectivity index (χ2v) is 6.16. The Hall–Kier alpha value is -2.07. The molecule has 0 N–H and O–H groups in total. The molecule has 0 aliphatic rings. The van der Waals surface area contributed by atoms with E-state index in [0.717, 1.165) is 22.6 Å². The fourth-order valence-corrected chi connectivity index (χ4v) is 2.64. The summed E-state index contributed by atoms with van der Waals surface area (Å²) < 4.78 is 29.8. The minimum absolute atomic E-state index is 0.106. The van der Waals surface area contributed by atoms with Crippen molar-refractivity contribution in [3.8, 4) is 0 Å². The second kappa shape index (κ2) is 7.09. The van der Waals surface area contributed by atoms with Crippen LogP contribution in [0.15, 0.2) is 23.2 Å². The summed E-state index contributed by atoms with van der Waals surface area (Å²) in [4.78, 5) is 24.0. The van der Waals surface area contributed by atoms with Crippen LogP contribution in [-0.2, 0) is 19.6 Å². The van der Waals surface area contributed by atoms with Crippen LogP contribution in [0.4, 0.5) is 5.82 Å². The smallest absolute Gasteiger partial charge is 0.363 e. The van der Waals surface area contributed by atoms with Gasteiger partial charge in [0.05, 0.1) is 7.11 Å². The van der Waals surface area contributed by atoms with E-state index in [0.29, 0.717) is 6.42 Å². The number of carbonyl (C=O) groups excluding carboxylic acids is 1. The van der Waals surface area contributed by atoms with Gasteiger partial charge in [-0.15, -0.1) is 0 Å². The highest BCUT2D eigenvalue weighted by molar-refractivity contribution is 7.89. The molecule has 1 rings (SSSR count). The van der Waals surface area contributed by atoms with Gasteiger partial charge in [0, 0.05) is 26.1 Å². The molecule has 1 aromatic heterocycles. The molecule has 0 saturated heterocycles. The number of esters is 1. The van der Waals surface area contributed by atoms with E-state index in [1.165, 1.54) is 14.2 Å². The number of methoxy groups -OCH3 is 1. The summed E-state index contributed by atoms with van der Waals surface area (Å²) in [7, 11) is -1.18. The zero-order chi connectivity index (χ0) is 16.0. The normalized spacial score (nSPS) is 11.4. The summed E-state index contributed by atoms with van der Waals surface area (Å²) in [6, 6.07) is 2.15. The van der Waals surface area contributed by atoms with Crippen LogP contribution in [0.2, 0.25) is 0 Å². The highest BCUT2D eigenvalue weighted by atomic mass is 32.2. The molecule has 0 saturated carbocycles. The first-order valence-corrected chi connectivity index (χ1v) is 7.36. The number of nitrogens with zero attached hydrogens (tertiary/aromatic N) is 3. The Morgan fingerprint density at radius 1 is 1.48 bits per heavy atom. The number of nitro groups is 1. The third kappa shape index (κ3) is 4.46. The molecular formula is C11H15N3O6S. The van der Waals surface area contributed by atoms with Gasteiger partial charge < -0.3 is 14.9 Å². The average molecular weight is 317 g/mol. The average Bonchev–Trinajstić information content (AvgIpc) is 2.46. The van der Waals surface area contributed by atoms with Gasteiger partial charge in [-0.25, -0.2) is 12.7 Å². The second-order valence-electron chi connectivity index (χ2n) is 4.12. The van der Waals surface area contributed by atoms with Gasteiger partial charge in [0.15, 0.2) is 6.20 Å². The number of ether oxygens (including phenoxy) is 1. The van der Waals surface area contributed by atoms with Crippen LogP contribution < -0.4 is 0 Å². The molecule has 0 atom stereocenters. The lowest BCUT2D eigenvalue weighted by Gasteiger charge is -2.15. The zero-order valence-electron chi connectivity index (χ0n) is 11.6. The van der Waals surface area contributed by atoms with Crippen LogP contribution in [0.3, 0.4) is 0 Å². The van der Waals surface area contributed by atoms with Crippen molar-refractivity contribution in [3.63, 3.8) is 0 Å². The maximum absolute atomic E-state index is 12.2. The van der Waals surface area contributed by atoms with E-state index in [1.54, 1.807) is 0 Å². The van der Waals surface area contributed by atoms with E-state index in [1.807, 2.05) is 0 Å². The van der Waals surface area contributed by atoms with Gasteiger partial charge >= 0.3 is 11.8 Å². The Labute approximate surface area is 121 Å². The highest BCUT2D eigenvalue weighted by Gasteiger charge is 2.23. The molecular weight excluding hydrogens is 302 g/mol. The molecule has 1 aromatic rings. The van der Waals surface area contributed by atoms with Crippen molar-refractivity contribution in [2.75, 3.05) is 20.7 Å². The molecule has 21 heavy (non-hydrogen) atoms. The van der Waals surface area contributed by atoms with E-state index in [2.05, 4.69) is 9.72 Å². The summed E-state index contributed by atoms with van der Waals surface area (Å²) in [5.41, 5.74) is 0. The van der Waals surface area contributed by atoms with E-state index in [4.69, 9.17) is 0 Å². The Morgan fingerprint density at radius 2 is 2.14 bits per heavy atom. The third-order valence-electron chi connectivity index (χ3n) is 2.70. The third-order valence-corrected chi connectivity index (χ3v) is 4.54. The van der Waals surface area contributed by atoms with Crippen LogP contribution >= 0.6 is 0 Å². The van der Waals surface area contributed by atoms with Crippen molar-refractivity contribution in [2.24, 2.45) is 0 Å². The number of rotatable bonds is 7. The predicted octanol–water partition coefficient (Wildman–Crippen LogP) is 0.563. The van der Waals surface area contributed by atoms with Crippen LogP contribution in [0.1, 0.15) is 12.8 Å². The summed E-state index contributed by atoms with van der Waals surface area (Å²) in [5, 5.41) is 10.5. The number of sulfonamides is 1. The number of pyridine rings is 1. The van der Waals surface area contributed by atoms with E-state index >= 15 is 0 Å². The molecule has 0 bridgehead atoms. The van der Waals surface area contributed by atoms with Crippen molar-refractivity contribution < 1.29 is 22.9 Å². The zero-order valence-corrected chi connectivity index (χ0v) is 12.4. The van der Waals surface area contributed by atoms with Gasteiger partial charge in [-0.3, -0.25) is 4.79 Å². The van der Waals surface area contributed by atoms with Crippen molar-refractivity contribution >= 4 is 21.8 Å². The first-order valence-electron chi connectivity index (χ1n) is 5.92. The summed E-state index contributed by atoms with van der Waals surface area (Å²) >= 11 is 0. The largest absolute Gasteiger partial charge is 0.469 e. The van der Waals surface area contributed by atoms with E-state index in [9.17, 15) is 23.3 Å². The summed E-state index contributed by atoms with van der Waals surface area (Å²) in [5.74, 6) is -0.847. The van der Waals surface area contributed by atoms with Crippen molar-refractivity contribution in [1.82, 2.24) is 9.29 Å². The van der Waals surface area contributed by atoms with Crippen molar-refractivity contribution in [2.45, 2.75) is 17.7 Å². The molecule has 116 valence electrons. The van der Waals surface area contributed by atoms with Crippen LogP contribution in [-0.4, -0.2) is 49.3 Å². The summed E-state index contributed by atoms with van der Waals surface area (Å²) in [6.07, 6.45) is 1.35. The molecule has 0 radical (unpaired) electrons. The number of aromatic nitrogens is 1. The minimum Gasteiger partial charge on any atom is -0.469 e. The monoisotopic (exact) mass is 317 g/mol. The van der Waals surface area contributed by atoms with Gasteiger partial charge in [0.1, 0.15) is 4.90 Å². The maximum atomic E-state index is 12.2. The van der Waals surface area contributed by atoms with Gasteiger partial charge in [0.25, 0.3) is 0 Å². The van der Waals surface area contributed by atoms with Gasteiger partial charge in [-0.2, -0.15) is 0 Å². The lowest BCUT2D eigenvalue weighted by Crippen LogP contribution is -2.28. The SMILES string of the molecule is COC(=O)CCCN(C)S(=O)(=O)c1ccc([N+](=O)[O-])nc1.